The molecular formula is C25H50O2Si. The molecule has 1 rings (SSSR count). The van der Waals surface area contributed by atoms with Crippen LogP contribution in [0.4, 0.5) is 0 Å². The maximum atomic E-state index is 12.2. The van der Waals surface area contributed by atoms with Crippen LogP contribution in [0, 0.1) is 11.8 Å². The largest absolute Gasteiger partial charge is 0.469 e. The van der Waals surface area contributed by atoms with Gasteiger partial charge in [0.2, 0.25) is 0 Å². The van der Waals surface area contributed by atoms with Crippen LogP contribution >= 0.6 is 0 Å². The van der Waals surface area contributed by atoms with Crippen LogP contribution in [0.15, 0.2) is 0 Å². The summed E-state index contributed by atoms with van der Waals surface area (Å²) in [6.45, 7) is 6.94. The normalized spacial score (nSPS) is 19.4. The first-order chi connectivity index (χ1) is 13.6. The summed E-state index contributed by atoms with van der Waals surface area (Å²) in [5.74, 6) is 0.934. The van der Waals surface area contributed by atoms with Gasteiger partial charge in [0.25, 0.3) is 0 Å². The maximum Gasteiger partial charge on any atom is 0.308 e. The SMILES string of the molecule is CCCCCC[Si](CCCCCC)(CCCCCC)C[C@H]1CC[C@@H]1C(=O)OC. The molecule has 0 N–H and O–H groups in total. The van der Waals surface area contributed by atoms with Crippen molar-refractivity contribution in [3.63, 3.8) is 0 Å². The Balaban J connectivity index is 2.77. The van der Waals surface area contributed by atoms with Gasteiger partial charge in [-0.2, -0.15) is 0 Å². The molecule has 1 fully saturated rings. The molecular weight excluding hydrogens is 360 g/mol. The molecule has 0 heterocycles. The molecule has 2 nitrogen and oxygen atoms in total. The first-order valence-corrected chi connectivity index (χ1v) is 15.5. The highest BCUT2D eigenvalue weighted by atomic mass is 28.3. The van der Waals surface area contributed by atoms with Gasteiger partial charge in [0.1, 0.15) is 0 Å². The minimum absolute atomic E-state index is 0.0714. The van der Waals surface area contributed by atoms with Gasteiger partial charge in [-0.3, -0.25) is 4.79 Å². The Morgan fingerprint density at radius 3 is 1.54 bits per heavy atom. The van der Waals surface area contributed by atoms with Crippen LogP contribution in [0.5, 0.6) is 0 Å². The number of carbonyl (C=O) groups excluding carboxylic acids is 1. The highest BCUT2D eigenvalue weighted by Crippen LogP contribution is 2.45. The van der Waals surface area contributed by atoms with Gasteiger partial charge >= 0.3 is 5.97 Å². The van der Waals surface area contributed by atoms with E-state index in [4.69, 9.17) is 4.74 Å². The van der Waals surface area contributed by atoms with Crippen LogP contribution in [0.1, 0.15) is 111 Å². The van der Waals surface area contributed by atoms with Gasteiger partial charge in [-0.15, -0.1) is 0 Å². The summed E-state index contributed by atoms with van der Waals surface area (Å²) in [5.41, 5.74) is 0. The van der Waals surface area contributed by atoms with Gasteiger partial charge in [0.05, 0.1) is 21.1 Å². The molecule has 0 aliphatic heterocycles. The van der Waals surface area contributed by atoms with Gasteiger partial charge in [-0.05, 0) is 18.8 Å². The fraction of sp³-hybridized carbons (Fsp3) is 0.960. The monoisotopic (exact) mass is 410 g/mol. The topological polar surface area (TPSA) is 26.3 Å². The second-order valence-electron chi connectivity index (χ2n) is 9.60. The third kappa shape index (κ3) is 9.46. The van der Waals surface area contributed by atoms with Crippen LogP contribution in [-0.4, -0.2) is 21.2 Å². The van der Waals surface area contributed by atoms with E-state index in [1.807, 2.05) is 0 Å². The van der Waals surface area contributed by atoms with E-state index in [0.717, 1.165) is 6.42 Å². The summed E-state index contributed by atoms with van der Waals surface area (Å²) in [6.07, 6.45) is 19.1. The average Bonchev–Trinajstić information content (AvgIpc) is 2.69. The van der Waals surface area contributed by atoms with E-state index < -0.39 is 8.07 Å². The predicted octanol–water partition coefficient (Wildman–Crippen LogP) is 8.38. The Hall–Kier alpha value is -0.313. The molecule has 0 amide bonds. The van der Waals surface area contributed by atoms with Crippen LogP contribution in [0.3, 0.4) is 0 Å². The Morgan fingerprint density at radius 1 is 0.750 bits per heavy atom. The molecule has 1 aliphatic carbocycles. The lowest BCUT2D eigenvalue weighted by molar-refractivity contribution is -0.151. The number of hydrogen-bond donors (Lipinski definition) is 0. The van der Waals surface area contributed by atoms with Crippen molar-refractivity contribution < 1.29 is 9.53 Å². The Bertz CT molecular complexity index is 365. The smallest absolute Gasteiger partial charge is 0.308 e. The molecule has 3 heteroatoms. The molecule has 0 unspecified atom stereocenters. The third-order valence-electron chi connectivity index (χ3n) is 7.30. The quantitative estimate of drug-likeness (QED) is 0.129. The summed E-state index contributed by atoms with van der Waals surface area (Å²) >= 11 is 0. The summed E-state index contributed by atoms with van der Waals surface area (Å²) < 4.78 is 5.11. The van der Waals surface area contributed by atoms with Gasteiger partial charge in [0.15, 0.2) is 0 Å². The molecule has 0 aromatic rings. The number of esters is 1. The molecule has 0 bridgehead atoms. The lowest BCUT2D eigenvalue weighted by atomic mass is 9.75. The molecule has 0 spiro atoms. The number of hydrogen-bond acceptors (Lipinski definition) is 2. The van der Waals surface area contributed by atoms with Crippen molar-refractivity contribution >= 4 is 14.0 Å². The molecule has 0 saturated heterocycles. The van der Waals surface area contributed by atoms with Gasteiger partial charge in [0, 0.05) is 0 Å². The molecule has 0 radical (unpaired) electrons. The molecule has 1 aliphatic rings. The molecule has 2 atom stereocenters. The zero-order chi connectivity index (χ0) is 20.7. The van der Waals surface area contributed by atoms with E-state index in [1.165, 1.54) is 108 Å². The third-order valence-corrected chi connectivity index (χ3v) is 12.9. The lowest BCUT2D eigenvalue weighted by Crippen LogP contribution is -2.43. The van der Waals surface area contributed by atoms with Crippen LogP contribution in [-0.2, 0) is 9.53 Å². The second kappa shape index (κ2) is 15.5. The van der Waals surface area contributed by atoms with Crippen LogP contribution in [0.2, 0.25) is 24.2 Å². The van der Waals surface area contributed by atoms with Crippen LogP contribution in [0.25, 0.3) is 0 Å². The van der Waals surface area contributed by atoms with E-state index in [1.54, 1.807) is 7.11 Å². The summed E-state index contributed by atoms with van der Waals surface area (Å²) in [7, 11) is 0.286. The maximum absolute atomic E-state index is 12.2. The average molecular weight is 411 g/mol. The highest BCUT2D eigenvalue weighted by molar-refractivity contribution is 6.80. The standard InChI is InChI=1S/C25H50O2Si/c1-5-8-11-14-19-28(20-15-12-9-6-2,21-16-13-10-7-3)22-23-17-18-24(23)25(26)27-4/h23-24H,5-22H2,1-4H3/t23-,24+/m1/s1. The van der Waals surface area contributed by atoms with Gasteiger partial charge < -0.3 is 4.74 Å². The number of methoxy groups -OCH3 is 1. The number of carbonyl (C=O) groups is 1. The van der Waals surface area contributed by atoms with Crippen molar-refractivity contribution in [3.8, 4) is 0 Å². The Morgan fingerprint density at radius 2 is 1.21 bits per heavy atom. The minimum atomic E-state index is -1.29. The van der Waals surface area contributed by atoms with Crippen molar-refractivity contribution in [1.29, 1.82) is 0 Å². The fourth-order valence-electron chi connectivity index (χ4n) is 5.29. The summed E-state index contributed by atoms with van der Waals surface area (Å²) in [6, 6.07) is 5.98. The number of unbranched alkanes of at least 4 members (excludes halogenated alkanes) is 9. The van der Waals surface area contributed by atoms with E-state index in [9.17, 15) is 4.79 Å². The highest BCUT2D eigenvalue weighted by Gasteiger charge is 2.43. The molecule has 28 heavy (non-hydrogen) atoms. The zero-order valence-corrected chi connectivity index (χ0v) is 20.7. The van der Waals surface area contributed by atoms with Crippen molar-refractivity contribution in [2.45, 2.75) is 135 Å². The first kappa shape index (κ1) is 25.7. The van der Waals surface area contributed by atoms with Crippen molar-refractivity contribution in [1.82, 2.24) is 0 Å². The minimum Gasteiger partial charge on any atom is -0.469 e. The van der Waals surface area contributed by atoms with Gasteiger partial charge in [-0.1, -0.05) is 122 Å². The second-order valence-corrected chi connectivity index (χ2v) is 14.5. The van der Waals surface area contributed by atoms with Crippen molar-refractivity contribution in [2.75, 3.05) is 7.11 Å². The van der Waals surface area contributed by atoms with E-state index >= 15 is 0 Å². The molecule has 0 aromatic heterocycles. The summed E-state index contributed by atoms with van der Waals surface area (Å²) in [4.78, 5) is 12.2. The lowest BCUT2D eigenvalue weighted by Gasteiger charge is -2.42. The number of rotatable bonds is 18. The summed E-state index contributed by atoms with van der Waals surface area (Å²) in [5, 5.41) is 0. The molecule has 1 saturated carbocycles. The Kier molecular flexibility index (Phi) is 14.3. The van der Waals surface area contributed by atoms with Gasteiger partial charge in [-0.25, -0.2) is 0 Å². The first-order valence-electron chi connectivity index (χ1n) is 12.7. The molecule has 0 aromatic carbocycles. The Labute approximate surface area is 177 Å². The molecule has 166 valence electrons. The zero-order valence-electron chi connectivity index (χ0n) is 19.7. The fourth-order valence-corrected chi connectivity index (χ4v) is 11.3. The van der Waals surface area contributed by atoms with E-state index in [0.29, 0.717) is 5.92 Å². The van der Waals surface area contributed by atoms with E-state index in [-0.39, 0.29) is 11.9 Å². The predicted molar refractivity (Wildman–Crippen MR) is 126 cm³/mol. The van der Waals surface area contributed by atoms with Crippen LogP contribution < -0.4 is 0 Å². The van der Waals surface area contributed by atoms with E-state index in [2.05, 4.69) is 20.8 Å². The number of ether oxygens (including phenoxy) is 1. The van der Waals surface area contributed by atoms with Crippen molar-refractivity contribution in [3.05, 3.63) is 0 Å². The van der Waals surface area contributed by atoms with Crippen molar-refractivity contribution in [2.24, 2.45) is 11.8 Å².